The lowest BCUT2D eigenvalue weighted by molar-refractivity contribution is 0.602. The standard InChI is InChI=1S/C20H19FN6O2S/c1-10-6-13(30(3,28)29)8-14(11(10)2)16-9-23-20(22)25-18(16)24-19-15-7-12(21)4-5-17(15)26-27-19/h4-9H,1-3H3,(H4,22,23,24,25,26,27). The number of nitrogens with zero attached hydrogens (tertiary/aromatic N) is 3. The van der Waals surface area contributed by atoms with Crippen molar-refractivity contribution in [2.75, 3.05) is 17.3 Å². The number of sulfone groups is 1. The Labute approximate surface area is 172 Å². The van der Waals surface area contributed by atoms with Crippen molar-refractivity contribution in [2.45, 2.75) is 18.7 Å². The Hall–Kier alpha value is -3.53. The van der Waals surface area contributed by atoms with Crippen molar-refractivity contribution in [3.05, 3.63) is 53.5 Å². The molecule has 0 aliphatic carbocycles. The number of H-pyrrole nitrogens is 1. The molecule has 0 radical (unpaired) electrons. The Balaban J connectivity index is 1.90. The third kappa shape index (κ3) is 3.57. The number of rotatable bonds is 4. The Morgan fingerprint density at radius 2 is 1.87 bits per heavy atom. The summed E-state index contributed by atoms with van der Waals surface area (Å²) in [5.74, 6) is 0.313. The zero-order valence-electron chi connectivity index (χ0n) is 16.5. The zero-order chi connectivity index (χ0) is 21.6. The average Bonchev–Trinajstić information content (AvgIpc) is 3.05. The fourth-order valence-corrected chi connectivity index (χ4v) is 3.92. The van der Waals surface area contributed by atoms with Gasteiger partial charge in [-0.3, -0.25) is 5.10 Å². The predicted octanol–water partition coefficient (Wildman–Crippen LogP) is 3.51. The van der Waals surface area contributed by atoms with Crippen LogP contribution in [0.4, 0.5) is 22.0 Å². The van der Waals surface area contributed by atoms with Gasteiger partial charge in [0, 0.05) is 23.4 Å². The molecule has 4 N–H and O–H groups in total. The van der Waals surface area contributed by atoms with Crippen molar-refractivity contribution in [1.82, 2.24) is 20.2 Å². The minimum absolute atomic E-state index is 0.0286. The second-order valence-electron chi connectivity index (χ2n) is 7.06. The van der Waals surface area contributed by atoms with Crippen molar-refractivity contribution >= 4 is 38.3 Å². The largest absolute Gasteiger partial charge is 0.368 e. The fourth-order valence-electron chi connectivity index (χ4n) is 3.20. The van der Waals surface area contributed by atoms with Crippen molar-refractivity contribution in [1.29, 1.82) is 0 Å². The van der Waals surface area contributed by atoms with Crippen molar-refractivity contribution < 1.29 is 12.8 Å². The maximum absolute atomic E-state index is 13.7. The fraction of sp³-hybridized carbons (Fsp3) is 0.150. The second-order valence-corrected chi connectivity index (χ2v) is 9.08. The smallest absolute Gasteiger partial charge is 0.221 e. The second kappa shape index (κ2) is 7.06. The molecule has 2 aromatic carbocycles. The van der Waals surface area contributed by atoms with E-state index in [-0.39, 0.29) is 10.8 Å². The minimum Gasteiger partial charge on any atom is -0.368 e. The monoisotopic (exact) mass is 426 g/mol. The molecule has 0 amide bonds. The summed E-state index contributed by atoms with van der Waals surface area (Å²) in [7, 11) is -3.42. The highest BCUT2D eigenvalue weighted by Gasteiger charge is 2.18. The topological polar surface area (TPSA) is 127 Å². The summed E-state index contributed by atoms with van der Waals surface area (Å²) >= 11 is 0. The summed E-state index contributed by atoms with van der Waals surface area (Å²) in [5.41, 5.74) is 9.31. The first-order valence-corrected chi connectivity index (χ1v) is 10.9. The number of anilines is 3. The number of aromatic nitrogens is 4. The van der Waals surface area contributed by atoms with Gasteiger partial charge >= 0.3 is 0 Å². The van der Waals surface area contributed by atoms with Crippen LogP contribution in [-0.2, 0) is 9.84 Å². The number of benzene rings is 2. The average molecular weight is 426 g/mol. The lowest BCUT2D eigenvalue weighted by Gasteiger charge is -2.15. The van der Waals surface area contributed by atoms with Gasteiger partial charge in [-0.05, 0) is 60.9 Å². The first-order valence-electron chi connectivity index (χ1n) is 8.98. The van der Waals surface area contributed by atoms with Crippen LogP contribution in [0, 0.1) is 19.7 Å². The number of fused-ring (bicyclic) bond motifs is 1. The highest BCUT2D eigenvalue weighted by Crippen LogP contribution is 2.35. The summed E-state index contributed by atoms with van der Waals surface area (Å²) in [6, 6.07) is 7.48. The number of nitrogens with one attached hydrogen (secondary N) is 2. The summed E-state index contributed by atoms with van der Waals surface area (Å²) in [5, 5.41) is 10.6. The van der Waals surface area contributed by atoms with E-state index in [1.807, 2.05) is 13.8 Å². The maximum Gasteiger partial charge on any atom is 0.221 e. The van der Waals surface area contributed by atoms with Gasteiger partial charge in [0.2, 0.25) is 5.95 Å². The summed E-state index contributed by atoms with van der Waals surface area (Å²) < 4.78 is 38.0. The molecule has 8 nitrogen and oxygen atoms in total. The summed E-state index contributed by atoms with van der Waals surface area (Å²) in [6.45, 7) is 3.72. The molecule has 0 unspecified atom stereocenters. The van der Waals surface area contributed by atoms with Crippen LogP contribution in [0.25, 0.3) is 22.0 Å². The Bertz CT molecular complexity index is 1400. The van der Waals surface area contributed by atoms with Crippen molar-refractivity contribution in [3.8, 4) is 11.1 Å². The van der Waals surface area contributed by atoms with Crippen LogP contribution in [-0.4, -0.2) is 34.8 Å². The van der Waals surface area contributed by atoms with E-state index in [2.05, 4.69) is 25.5 Å². The Kier molecular flexibility index (Phi) is 4.65. The van der Waals surface area contributed by atoms with Crippen LogP contribution in [0.5, 0.6) is 0 Å². The molecule has 0 saturated carbocycles. The molecule has 0 saturated heterocycles. The van der Waals surface area contributed by atoms with Gasteiger partial charge in [0.1, 0.15) is 11.6 Å². The van der Waals surface area contributed by atoms with E-state index in [4.69, 9.17) is 5.73 Å². The quantitative estimate of drug-likeness (QED) is 0.456. The molecular weight excluding hydrogens is 407 g/mol. The van der Waals surface area contributed by atoms with E-state index in [0.29, 0.717) is 33.7 Å². The van der Waals surface area contributed by atoms with Crippen molar-refractivity contribution in [3.63, 3.8) is 0 Å². The van der Waals surface area contributed by atoms with Gasteiger partial charge < -0.3 is 11.1 Å². The number of aryl methyl sites for hydroxylation is 1. The molecule has 10 heteroatoms. The molecule has 0 aliphatic rings. The van der Waals surface area contributed by atoms with Crippen LogP contribution in [0.3, 0.4) is 0 Å². The van der Waals surface area contributed by atoms with Crippen LogP contribution >= 0.6 is 0 Å². The first kappa shape index (κ1) is 19.8. The summed E-state index contributed by atoms with van der Waals surface area (Å²) in [4.78, 5) is 8.54. The molecule has 0 spiro atoms. The predicted molar refractivity (Wildman–Crippen MR) is 114 cm³/mol. The van der Waals surface area contributed by atoms with Crippen LogP contribution in [0.2, 0.25) is 0 Å². The zero-order valence-corrected chi connectivity index (χ0v) is 17.3. The first-order chi connectivity index (χ1) is 14.1. The van der Waals surface area contributed by atoms with E-state index in [1.54, 1.807) is 18.2 Å². The molecule has 2 heterocycles. The molecule has 0 atom stereocenters. The summed E-state index contributed by atoms with van der Waals surface area (Å²) in [6.07, 6.45) is 2.68. The SMILES string of the molecule is Cc1cc(S(C)(=O)=O)cc(-c2cnc(N)nc2Nc2n[nH]c3ccc(F)cc23)c1C. The normalized spacial score (nSPS) is 11.7. The number of halogens is 1. The number of aromatic amines is 1. The number of hydrogen-bond donors (Lipinski definition) is 3. The van der Waals surface area contributed by atoms with Gasteiger partial charge in [-0.2, -0.15) is 10.1 Å². The van der Waals surface area contributed by atoms with E-state index < -0.39 is 15.7 Å². The third-order valence-corrected chi connectivity index (χ3v) is 6.02. The van der Waals surface area contributed by atoms with E-state index in [1.165, 1.54) is 18.3 Å². The number of nitrogens with two attached hydrogens (primary N) is 1. The molecule has 4 aromatic rings. The lowest BCUT2D eigenvalue weighted by Crippen LogP contribution is -2.05. The maximum atomic E-state index is 13.7. The molecule has 0 aliphatic heterocycles. The molecule has 4 rings (SSSR count). The van der Waals surface area contributed by atoms with E-state index in [9.17, 15) is 12.8 Å². The third-order valence-electron chi connectivity index (χ3n) is 4.93. The number of nitrogen functional groups attached to an aromatic ring is 1. The highest BCUT2D eigenvalue weighted by molar-refractivity contribution is 7.90. The molecule has 0 bridgehead atoms. The number of hydrogen-bond acceptors (Lipinski definition) is 7. The molecule has 0 fully saturated rings. The van der Waals surface area contributed by atoms with Gasteiger partial charge in [-0.1, -0.05) is 0 Å². The molecule has 2 aromatic heterocycles. The van der Waals surface area contributed by atoms with Crippen LogP contribution in [0.1, 0.15) is 11.1 Å². The van der Waals surface area contributed by atoms with Crippen LogP contribution in [0.15, 0.2) is 41.4 Å². The molecular formula is C20H19FN6O2S. The molecule has 30 heavy (non-hydrogen) atoms. The lowest BCUT2D eigenvalue weighted by atomic mass is 9.98. The Morgan fingerprint density at radius 1 is 1.10 bits per heavy atom. The van der Waals surface area contributed by atoms with Crippen LogP contribution < -0.4 is 11.1 Å². The highest BCUT2D eigenvalue weighted by atomic mass is 32.2. The van der Waals surface area contributed by atoms with E-state index >= 15 is 0 Å². The minimum atomic E-state index is -3.42. The van der Waals surface area contributed by atoms with E-state index in [0.717, 1.165) is 17.4 Å². The Morgan fingerprint density at radius 3 is 2.60 bits per heavy atom. The van der Waals surface area contributed by atoms with Gasteiger partial charge in [0.25, 0.3) is 0 Å². The van der Waals surface area contributed by atoms with Gasteiger partial charge in [-0.25, -0.2) is 17.8 Å². The molecule has 154 valence electrons. The van der Waals surface area contributed by atoms with Gasteiger partial charge in [-0.15, -0.1) is 0 Å². The van der Waals surface area contributed by atoms with Gasteiger partial charge in [0.05, 0.1) is 10.4 Å². The van der Waals surface area contributed by atoms with Gasteiger partial charge in [0.15, 0.2) is 15.7 Å². The van der Waals surface area contributed by atoms with Crippen molar-refractivity contribution in [2.24, 2.45) is 0 Å².